The SMILES string of the molecule is C=CCn1c(COc2ccccc2F)nnc1SC(C)C(=O)Nc1ccc2ccccc2c1. The third-order valence-corrected chi connectivity index (χ3v) is 6.05. The molecule has 1 N–H and O–H groups in total. The molecule has 1 unspecified atom stereocenters. The van der Waals surface area contributed by atoms with Gasteiger partial charge in [0.2, 0.25) is 5.91 Å². The van der Waals surface area contributed by atoms with E-state index in [0.29, 0.717) is 17.5 Å². The lowest BCUT2D eigenvalue weighted by molar-refractivity contribution is -0.115. The molecule has 0 bridgehead atoms. The van der Waals surface area contributed by atoms with Crippen molar-refractivity contribution in [1.82, 2.24) is 14.8 Å². The number of anilines is 1. The second kappa shape index (κ2) is 10.3. The van der Waals surface area contributed by atoms with Gasteiger partial charge in [-0.25, -0.2) is 4.39 Å². The second-order valence-corrected chi connectivity index (χ2v) is 8.64. The number of fused-ring (bicyclic) bond motifs is 1. The smallest absolute Gasteiger partial charge is 0.237 e. The van der Waals surface area contributed by atoms with Gasteiger partial charge in [-0.3, -0.25) is 9.36 Å². The van der Waals surface area contributed by atoms with Gasteiger partial charge in [0.25, 0.3) is 0 Å². The summed E-state index contributed by atoms with van der Waals surface area (Å²) in [6.45, 7) is 6.06. The summed E-state index contributed by atoms with van der Waals surface area (Å²) in [4.78, 5) is 12.8. The predicted molar refractivity (Wildman–Crippen MR) is 129 cm³/mol. The highest BCUT2D eigenvalue weighted by atomic mass is 32.2. The molecule has 0 radical (unpaired) electrons. The maximum absolute atomic E-state index is 13.8. The Morgan fingerprint density at radius 1 is 1.15 bits per heavy atom. The normalized spacial score (nSPS) is 11.8. The number of amides is 1. The molecule has 0 fully saturated rings. The molecule has 0 spiro atoms. The molecule has 1 heterocycles. The number of benzene rings is 3. The van der Waals surface area contributed by atoms with Crippen molar-refractivity contribution < 1.29 is 13.9 Å². The number of allylic oxidation sites excluding steroid dienone is 1. The average Bonchev–Trinajstić information content (AvgIpc) is 3.19. The van der Waals surface area contributed by atoms with Crippen LogP contribution in [0.3, 0.4) is 0 Å². The van der Waals surface area contributed by atoms with E-state index in [1.807, 2.05) is 49.4 Å². The van der Waals surface area contributed by atoms with E-state index in [0.717, 1.165) is 16.5 Å². The zero-order valence-corrected chi connectivity index (χ0v) is 18.9. The van der Waals surface area contributed by atoms with Crippen molar-refractivity contribution >= 4 is 34.1 Å². The van der Waals surface area contributed by atoms with Crippen LogP contribution in [-0.4, -0.2) is 25.9 Å². The molecule has 3 aromatic carbocycles. The highest BCUT2D eigenvalue weighted by molar-refractivity contribution is 8.00. The Kier molecular flexibility index (Phi) is 7.04. The van der Waals surface area contributed by atoms with Crippen LogP contribution in [0.2, 0.25) is 0 Å². The van der Waals surface area contributed by atoms with E-state index in [9.17, 15) is 9.18 Å². The monoisotopic (exact) mass is 462 g/mol. The zero-order valence-electron chi connectivity index (χ0n) is 18.1. The molecular weight excluding hydrogens is 439 g/mol. The van der Waals surface area contributed by atoms with Crippen molar-refractivity contribution in [2.24, 2.45) is 0 Å². The average molecular weight is 463 g/mol. The molecule has 8 heteroatoms. The van der Waals surface area contributed by atoms with Gasteiger partial charge in [0.15, 0.2) is 22.5 Å². The number of nitrogens with one attached hydrogen (secondary N) is 1. The Morgan fingerprint density at radius 2 is 1.91 bits per heavy atom. The number of halogens is 1. The van der Waals surface area contributed by atoms with Gasteiger partial charge < -0.3 is 10.1 Å². The molecule has 4 rings (SSSR count). The number of nitrogens with zero attached hydrogens (tertiary/aromatic N) is 3. The van der Waals surface area contributed by atoms with Gasteiger partial charge in [-0.1, -0.05) is 60.3 Å². The van der Waals surface area contributed by atoms with Gasteiger partial charge in [-0.05, 0) is 42.0 Å². The largest absolute Gasteiger partial charge is 0.483 e. The van der Waals surface area contributed by atoms with Crippen molar-refractivity contribution in [3.8, 4) is 5.75 Å². The van der Waals surface area contributed by atoms with Crippen LogP contribution in [-0.2, 0) is 17.9 Å². The molecule has 0 aliphatic carbocycles. The van der Waals surface area contributed by atoms with Crippen LogP contribution in [0.4, 0.5) is 10.1 Å². The summed E-state index contributed by atoms with van der Waals surface area (Å²) in [6, 6.07) is 20.0. The van der Waals surface area contributed by atoms with Gasteiger partial charge in [0.05, 0.1) is 5.25 Å². The molecular formula is C25H23FN4O2S. The molecule has 168 valence electrons. The van der Waals surface area contributed by atoms with Gasteiger partial charge >= 0.3 is 0 Å². The van der Waals surface area contributed by atoms with Gasteiger partial charge in [-0.15, -0.1) is 16.8 Å². The summed E-state index contributed by atoms with van der Waals surface area (Å²) in [5.41, 5.74) is 0.734. The lowest BCUT2D eigenvalue weighted by Crippen LogP contribution is -2.23. The van der Waals surface area contributed by atoms with E-state index >= 15 is 0 Å². The maximum Gasteiger partial charge on any atom is 0.237 e. The van der Waals surface area contributed by atoms with Crippen LogP contribution < -0.4 is 10.1 Å². The van der Waals surface area contributed by atoms with Crippen molar-refractivity contribution in [2.75, 3.05) is 5.32 Å². The number of carbonyl (C=O) groups excluding carboxylic acids is 1. The Bertz CT molecular complexity index is 1290. The minimum absolute atomic E-state index is 0.0417. The quantitative estimate of drug-likeness (QED) is 0.264. The predicted octanol–water partition coefficient (Wildman–Crippen LogP) is 5.45. The lowest BCUT2D eigenvalue weighted by atomic mass is 10.1. The van der Waals surface area contributed by atoms with Crippen LogP contribution in [0.15, 0.2) is 84.5 Å². The summed E-state index contributed by atoms with van der Waals surface area (Å²) < 4.78 is 21.2. The molecule has 4 aromatic rings. The Labute approximate surface area is 195 Å². The van der Waals surface area contributed by atoms with Crippen LogP contribution >= 0.6 is 11.8 Å². The second-order valence-electron chi connectivity index (χ2n) is 7.33. The zero-order chi connectivity index (χ0) is 23.2. The van der Waals surface area contributed by atoms with E-state index in [1.165, 1.54) is 17.8 Å². The highest BCUT2D eigenvalue weighted by Gasteiger charge is 2.20. The van der Waals surface area contributed by atoms with Crippen LogP contribution in [0.1, 0.15) is 12.7 Å². The number of hydrogen-bond donors (Lipinski definition) is 1. The van der Waals surface area contributed by atoms with Crippen LogP contribution in [0.5, 0.6) is 5.75 Å². The Morgan fingerprint density at radius 3 is 2.70 bits per heavy atom. The van der Waals surface area contributed by atoms with Crippen LogP contribution in [0, 0.1) is 5.82 Å². The molecule has 1 amide bonds. The van der Waals surface area contributed by atoms with Gasteiger partial charge in [0.1, 0.15) is 6.61 Å². The number of hydrogen-bond acceptors (Lipinski definition) is 5. The van der Waals surface area contributed by atoms with Crippen molar-refractivity contribution in [1.29, 1.82) is 0 Å². The summed E-state index contributed by atoms with van der Waals surface area (Å²) in [5, 5.41) is 13.7. The van der Waals surface area contributed by atoms with Gasteiger partial charge in [0, 0.05) is 12.2 Å². The van der Waals surface area contributed by atoms with E-state index < -0.39 is 11.1 Å². The third-order valence-electron chi connectivity index (χ3n) is 4.97. The highest BCUT2D eigenvalue weighted by Crippen LogP contribution is 2.25. The lowest BCUT2D eigenvalue weighted by Gasteiger charge is -2.13. The summed E-state index contributed by atoms with van der Waals surface area (Å²) in [7, 11) is 0. The van der Waals surface area contributed by atoms with Crippen molar-refractivity contribution in [3.05, 3.63) is 91.0 Å². The number of ether oxygens (including phenoxy) is 1. The molecule has 0 aliphatic rings. The summed E-state index contributed by atoms with van der Waals surface area (Å²) in [5.74, 6) is 0.0687. The fraction of sp³-hybridized carbons (Fsp3) is 0.160. The minimum atomic E-state index is -0.444. The first-order valence-electron chi connectivity index (χ1n) is 10.4. The molecule has 33 heavy (non-hydrogen) atoms. The molecule has 6 nitrogen and oxygen atoms in total. The minimum Gasteiger partial charge on any atom is -0.483 e. The Hall–Kier alpha value is -3.65. The Balaban J connectivity index is 1.43. The number of para-hydroxylation sites is 1. The molecule has 1 atom stereocenters. The van der Waals surface area contributed by atoms with Crippen molar-refractivity contribution in [2.45, 2.75) is 30.5 Å². The fourth-order valence-electron chi connectivity index (χ4n) is 3.25. The topological polar surface area (TPSA) is 69.0 Å². The summed E-state index contributed by atoms with van der Waals surface area (Å²) in [6.07, 6.45) is 1.71. The first kappa shape index (κ1) is 22.5. The van der Waals surface area contributed by atoms with E-state index in [-0.39, 0.29) is 18.3 Å². The summed E-state index contributed by atoms with van der Waals surface area (Å²) >= 11 is 1.29. The molecule has 0 saturated carbocycles. The maximum atomic E-state index is 13.8. The third kappa shape index (κ3) is 5.40. The first-order valence-corrected chi connectivity index (χ1v) is 11.3. The number of carbonyl (C=O) groups is 1. The van der Waals surface area contributed by atoms with Gasteiger partial charge in [-0.2, -0.15) is 0 Å². The first-order chi connectivity index (χ1) is 16.0. The van der Waals surface area contributed by atoms with E-state index in [1.54, 1.807) is 28.8 Å². The van der Waals surface area contributed by atoms with Crippen molar-refractivity contribution in [3.63, 3.8) is 0 Å². The van der Waals surface area contributed by atoms with Crippen LogP contribution in [0.25, 0.3) is 10.8 Å². The number of thioether (sulfide) groups is 1. The molecule has 1 aromatic heterocycles. The molecule has 0 saturated heterocycles. The standard InChI is InChI=1S/C25H23FN4O2S/c1-3-14-30-23(16-32-22-11-7-6-10-21(22)26)28-29-25(30)33-17(2)24(31)27-20-13-12-18-8-4-5-9-19(18)15-20/h3-13,15,17H,1,14,16H2,2H3,(H,27,31). The molecule has 0 aliphatic heterocycles. The number of aromatic nitrogens is 3. The van der Waals surface area contributed by atoms with E-state index in [4.69, 9.17) is 4.74 Å². The van der Waals surface area contributed by atoms with E-state index in [2.05, 4.69) is 22.1 Å². The fourth-order valence-corrected chi connectivity index (χ4v) is 4.13. The number of rotatable bonds is 9.